The fourth-order valence-electron chi connectivity index (χ4n) is 26.4. The molecule has 23 aromatic rings. The van der Waals surface area contributed by atoms with Crippen LogP contribution < -0.4 is 9.80 Å². The molecule has 0 fully saturated rings. The maximum atomic E-state index is 4.10. The zero-order valence-electron chi connectivity index (χ0n) is 83.0. The van der Waals surface area contributed by atoms with Gasteiger partial charge in [0.05, 0.1) is 10.8 Å². The molecule has 6 aliphatic rings. The molecule has 0 aliphatic heterocycles. The van der Waals surface area contributed by atoms with Crippen molar-refractivity contribution in [2.75, 3.05) is 9.80 Å². The van der Waals surface area contributed by atoms with Crippen molar-refractivity contribution in [3.63, 3.8) is 0 Å². The number of hydrogen-bond donors (Lipinski definition) is 0. The summed E-state index contributed by atoms with van der Waals surface area (Å²) in [5.41, 5.74) is 56.3. The minimum absolute atomic E-state index is 0.127. The van der Waals surface area contributed by atoms with Crippen molar-refractivity contribution >= 4 is 67.8 Å². The Balaban J connectivity index is 0.000000145. The lowest BCUT2D eigenvalue weighted by atomic mass is 9.70. The van der Waals surface area contributed by atoms with Gasteiger partial charge in [-0.1, -0.05) is 453 Å². The van der Waals surface area contributed by atoms with Gasteiger partial charge in [-0.3, -0.25) is 0 Å². The third-order valence-electron chi connectivity index (χ3n) is 33.3. The van der Waals surface area contributed by atoms with Crippen LogP contribution in [0, 0.1) is 0 Å². The average molecular weight is 1880 g/mol. The Labute approximate surface area is 865 Å². The predicted octanol–water partition coefficient (Wildman–Crippen LogP) is 38.9. The molecule has 148 heavy (non-hydrogen) atoms. The van der Waals surface area contributed by atoms with E-state index in [4.69, 9.17) is 0 Å². The quantitative estimate of drug-likeness (QED) is 0.0944. The maximum absolute atomic E-state index is 4.10. The number of benzene rings is 23. The smallest absolute Gasteiger partial charge is 0.0725 e. The molecule has 29 rings (SSSR count). The molecule has 23 aromatic carbocycles. The third-order valence-corrected chi connectivity index (χ3v) is 33.3. The molecule has 0 N–H and O–H groups in total. The van der Waals surface area contributed by atoms with Crippen molar-refractivity contribution in [2.45, 2.75) is 49.4 Å². The van der Waals surface area contributed by atoms with Crippen LogP contribution in [0.4, 0.5) is 34.1 Å². The highest BCUT2D eigenvalue weighted by molar-refractivity contribution is 6.22. The zero-order valence-corrected chi connectivity index (χ0v) is 83.0. The van der Waals surface area contributed by atoms with Gasteiger partial charge < -0.3 is 9.80 Å². The minimum Gasteiger partial charge on any atom is -0.310 e. The maximum Gasteiger partial charge on any atom is 0.0725 e. The zero-order chi connectivity index (χ0) is 98.8. The standard InChI is InChI=1S/C80H55N.C66H47N/c1-4-51-19-18-22-55(47-51)56-37-44-65-62-24-13-16-31-72(62)80(75(65)48-56)73-32-17-14-25-63(73)66-45-38-57(49-76(66)80)78-69-28-10-8-26-67(69)77(68-27-9-11-29-70(68)78)54-35-41-59(42-36-54)81(58-39-33-53(34-40-58)52-20-6-5-7-21-52)60-43-46-64-61-23-12-15-30-71(61)79(2,3)74(64)50-60;1-4-43-16-14-19-46(38-43)48-30-35-57-54-23-9-12-26-60(54)66(63(57)40-48)61-27-13-10-24-55(61)58-36-31-49(41-64(58)66)47-20-15-21-51(39-47)67(50-32-28-45(29-33-50)44-17-6-5-7-18-44)52-34-37-56-53-22-8-11-25-59(53)65(2,3)62(56)42-52/h4-50H,1H2,2-3H3;4-42H,1H2,2-3H3. The summed E-state index contributed by atoms with van der Waals surface area (Å²) in [5.74, 6) is 0. The number of fused-ring (bicyclic) bond motifs is 28. The van der Waals surface area contributed by atoms with E-state index < -0.39 is 10.8 Å². The van der Waals surface area contributed by atoms with Crippen LogP contribution in [0.25, 0.3) is 178 Å². The van der Waals surface area contributed by atoms with Crippen molar-refractivity contribution in [2.24, 2.45) is 0 Å². The lowest BCUT2D eigenvalue weighted by Crippen LogP contribution is -2.26. The Hall–Kier alpha value is -18.3. The van der Waals surface area contributed by atoms with Crippen LogP contribution in [0.15, 0.2) is 523 Å². The van der Waals surface area contributed by atoms with Crippen LogP contribution in [0.5, 0.6) is 0 Å². The molecule has 696 valence electrons. The second-order valence-corrected chi connectivity index (χ2v) is 41.6. The molecule has 0 heterocycles. The van der Waals surface area contributed by atoms with Crippen molar-refractivity contribution in [1.29, 1.82) is 0 Å². The van der Waals surface area contributed by atoms with E-state index in [1.54, 1.807) is 0 Å². The third kappa shape index (κ3) is 13.4. The van der Waals surface area contributed by atoms with E-state index in [1.165, 1.54) is 233 Å². The Bertz CT molecular complexity index is 9360. The van der Waals surface area contributed by atoms with E-state index in [0.717, 1.165) is 45.3 Å². The average Bonchev–Trinajstić information content (AvgIpc) is 1.51. The van der Waals surface area contributed by atoms with Gasteiger partial charge in [-0.25, -0.2) is 0 Å². The fourth-order valence-corrected chi connectivity index (χ4v) is 26.4. The molecular weight excluding hydrogens is 1780 g/mol. The van der Waals surface area contributed by atoms with Gasteiger partial charge in [-0.05, 0) is 353 Å². The molecule has 0 aromatic heterocycles. The number of rotatable bonds is 15. The Kier molecular flexibility index (Phi) is 20.2. The molecule has 0 bridgehead atoms. The van der Waals surface area contributed by atoms with Gasteiger partial charge in [0, 0.05) is 45.0 Å². The van der Waals surface area contributed by atoms with E-state index >= 15 is 0 Å². The van der Waals surface area contributed by atoms with Crippen molar-refractivity contribution in [3.8, 4) is 145 Å². The van der Waals surface area contributed by atoms with Crippen LogP contribution in [-0.2, 0) is 21.7 Å². The van der Waals surface area contributed by atoms with Crippen LogP contribution in [0.1, 0.15) is 106 Å². The molecule has 2 heteroatoms. The highest BCUT2D eigenvalue weighted by atomic mass is 15.1. The van der Waals surface area contributed by atoms with Gasteiger partial charge in [-0.2, -0.15) is 0 Å². The summed E-state index contributed by atoms with van der Waals surface area (Å²) >= 11 is 0. The Morgan fingerprint density at radius 1 is 0.155 bits per heavy atom. The topological polar surface area (TPSA) is 6.48 Å². The molecule has 2 unspecified atom stereocenters. The minimum atomic E-state index is -0.522. The highest BCUT2D eigenvalue weighted by Crippen LogP contribution is 2.67. The lowest BCUT2D eigenvalue weighted by molar-refractivity contribution is 0.660. The van der Waals surface area contributed by atoms with Crippen LogP contribution in [-0.4, -0.2) is 0 Å². The summed E-state index contributed by atoms with van der Waals surface area (Å²) in [6, 6.07) is 191. The molecule has 0 amide bonds. The Morgan fingerprint density at radius 3 is 0.750 bits per heavy atom. The summed E-state index contributed by atoms with van der Waals surface area (Å²) in [6.45, 7) is 17.6. The van der Waals surface area contributed by atoms with E-state index in [2.05, 4.69) is 560 Å². The summed E-state index contributed by atoms with van der Waals surface area (Å²) < 4.78 is 0. The fraction of sp³-hybridized carbons (Fsp3) is 0.0548. The molecule has 0 radical (unpaired) electrons. The molecule has 2 spiro atoms. The number of anilines is 6. The lowest BCUT2D eigenvalue weighted by Gasteiger charge is -2.31. The monoisotopic (exact) mass is 1880 g/mol. The van der Waals surface area contributed by atoms with Crippen molar-refractivity contribution in [1.82, 2.24) is 0 Å². The van der Waals surface area contributed by atoms with Crippen molar-refractivity contribution < 1.29 is 0 Å². The second-order valence-electron chi connectivity index (χ2n) is 41.6. The van der Waals surface area contributed by atoms with Gasteiger partial charge in [-0.15, -0.1) is 0 Å². The van der Waals surface area contributed by atoms with Crippen LogP contribution in [0.3, 0.4) is 0 Å². The summed E-state index contributed by atoms with van der Waals surface area (Å²) in [4.78, 5) is 4.87. The largest absolute Gasteiger partial charge is 0.310 e. The van der Waals surface area contributed by atoms with E-state index in [1.807, 2.05) is 12.2 Å². The van der Waals surface area contributed by atoms with E-state index in [9.17, 15) is 0 Å². The molecular formula is C146H102N2. The van der Waals surface area contributed by atoms with E-state index in [0.29, 0.717) is 0 Å². The van der Waals surface area contributed by atoms with Gasteiger partial charge in [0.1, 0.15) is 0 Å². The normalized spacial score (nSPS) is 15.0. The predicted molar refractivity (Wildman–Crippen MR) is 623 cm³/mol. The molecule has 6 aliphatic carbocycles. The van der Waals surface area contributed by atoms with Gasteiger partial charge >= 0.3 is 0 Å². The van der Waals surface area contributed by atoms with Crippen LogP contribution in [0.2, 0.25) is 0 Å². The molecule has 0 saturated heterocycles. The van der Waals surface area contributed by atoms with Crippen molar-refractivity contribution in [3.05, 3.63) is 601 Å². The molecule has 0 saturated carbocycles. The number of hydrogen-bond acceptors (Lipinski definition) is 2. The Morgan fingerprint density at radius 2 is 0.385 bits per heavy atom. The van der Waals surface area contributed by atoms with Gasteiger partial charge in [0.2, 0.25) is 0 Å². The second kappa shape index (κ2) is 34.2. The first kappa shape index (κ1) is 87.5. The molecule has 2 atom stereocenters. The van der Waals surface area contributed by atoms with Gasteiger partial charge in [0.25, 0.3) is 0 Å². The first-order valence-corrected chi connectivity index (χ1v) is 51.8. The molecule has 2 nitrogen and oxygen atoms in total. The first-order chi connectivity index (χ1) is 72.8. The summed E-state index contributed by atoms with van der Waals surface area (Å²) in [6.07, 6.45) is 3.87. The first-order valence-electron chi connectivity index (χ1n) is 51.8. The highest BCUT2D eigenvalue weighted by Gasteiger charge is 2.54. The van der Waals surface area contributed by atoms with Crippen LogP contribution >= 0.6 is 0 Å². The SMILES string of the molecule is C=Cc1cccc(-c2ccc3c(c2)C2(c4ccccc4-3)c3ccccc3-c3ccc(-c4c5ccccc5c(-c5ccc(N(c6ccc(-c7ccccc7)cc6)c6ccc7c(c6)C(C)(C)c6ccccc6-7)cc5)c5ccccc45)cc32)c1.C=Cc1cccc(-c2ccc3c(c2)C2(c4ccccc4-3)c3ccccc3-c3ccc(-c4cccc(N(c5ccc(-c6ccccc6)cc5)c5ccc6c(c5)C(C)(C)c5ccccc5-6)c4)cc32)c1. The summed E-state index contributed by atoms with van der Waals surface area (Å²) in [5, 5.41) is 4.93. The van der Waals surface area contributed by atoms with Gasteiger partial charge in [0.15, 0.2) is 0 Å². The van der Waals surface area contributed by atoms with E-state index in [-0.39, 0.29) is 10.8 Å². The summed E-state index contributed by atoms with van der Waals surface area (Å²) in [7, 11) is 0. The number of nitrogens with zero attached hydrogens (tertiary/aromatic N) is 2.